The third-order valence-corrected chi connectivity index (χ3v) is 3.97. The van der Waals surface area contributed by atoms with Crippen LogP contribution in [0.3, 0.4) is 0 Å². The van der Waals surface area contributed by atoms with Gasteiger partial charge in [-0.2, -0.15) is 0 Å². The van der Waals surface area contributed by atoms with Crippen LogP contribution in [0.1, 0.15) is 23.6 Å². The highest BCUT2D eigenvalue weighted by Crippen LogP contribution is 2.38. The Hall–Kier alpha value is -2.27. The highest BCUT2D eigenvalue weighted by atomic mass is 79.9. The molecule has 1 N–H and O–H groups in total. The Morgan fingerprint density at radius 1 is 1.25 bits per heavy atom. The lowest BCUT2D eigenvalue weighted by atomic mass is 10.1. The Balaban J connectivity index is 2.27. The van der Waals surface area contributed by atoms with Gasteiger partial charge in [-0.3, -0.25) is 0 Å². The first-order chi connectivity index (χ1) is 11.5. The maximum absolute atomic E-state index is 10.7. The largest absolute Gasteiger partial charge is 0.490 e. The van der Waals surface area contributed by atoms with Gasteiger partial charge in [0.15, 0.2) is 11.5 Å². The molecule has 5 heteroatoms. The zero-order valence-electron chi connectivity index (χ0n) is 13.6. The highest BCUT2D eigenvalue weighted by molar-refractivity contribution is 9.10. The molecule has 0 bridgehead atoms. The van der Waals surface area contributed by atoms with Crippen LogP contribution in [0, 0.1) is 6.92 Å². The molecule has 126 valence electrons. The summed E-state index contributed by atoms with van der Waals surface area (Å²) >= 11 is 3.48. The first kappa shape index (κ1) is 18.1. The normalized spacial score (nSPS) is 10.8. The van der Waals surface area contributed by atoms with Crippen molar-refractivity contribution in [1.82, 2.24) is 0 Å². The third-order valence-electron chi connectivity index (χ3n) is 3.38. The summed E-state index contributed by atoms with van der Waals surface area (Å²) < 4.78 is 12.3. The number of hydrogen-bond acceptors (Lipinski definition) is 3. The number of carboxylic acids is 1. The second-order valence-electron chi connectivity index (χ2n) is 5.15. The summed E-state index contributed by atoms with van der Waals surface area (Å²) in [5, 5.41) is 8.75. The Morgan fingerprint density at radius 3 is 2.67 bits per heavy atom. The number of aliphatic carboxylic acids is 1. The maximum atomic E-state index is 10.7. The molecule has 0 saturated heterocycles. The quantitative estimate of drug-likeness (QED) is 0.687. The lowest BCUT2D eigenvalue weighted by Gasteiger charge is -2.15. The summed E-state index contributed by atoms with van der Waals surface area (Å²) in [6.07, 6.45) is 2.60. The van der Waals surface area contributed by atoms with Crippen molar-refractivity contribution < 1.29 is 19.4 Å². The van der Waals surface area contributed by atoms with Gasteiger partial charge >= 0.3 is 5.97 Å². The van der Waals surface area contributed by atoms with Gasteiger partial charge in [0.05, 0.1) is 11.1 Å². The van der Waals surface area contributed by atoms with Crippen molar-refractivity contribution in [1.29, 1.82) is 0 Å². The molecule has 2 aromatic carbocycles. The van der Waals surface area contributed by atoms with E-state index >= 15 is 0 Å². The number of carboxylic acid groups (broad SMARTS) is 1. The van der Waals surface area contributed by atoms with Crippen molar-refractivity contribution in [3.05, 3.63) is 63.6 Å². The number of carbonyl (C=O) groups is 1. The van der Waals surface area contributed by atoms with Crippen LogP contribution in [0.2, 0.25) is 0 Å². The van der Waals surface area contributed by atoms with Crippen molar-refractivity contribution in [2.45, 2.75) is 20.5 Å². The van der Waals surface area contributed by atoms with E-state index in [2.05, 4.69) is 15.9 Å². The van der Waals surface area contributed by atoms with Crippen molar-refractivity contribution in [3.63, 3.8) is 0 Å². The number of halogens is 1. The molecule has 0 aromatic heterocycles. The van der Waals surface area contributed by atoms with E-state index < -0.39 is 5.97 Å². The molecule has 0 heterocycles. The van der Waals surface area contributed by atoms with Gasteiger partial charge in [0.25, 0.3) is 0 Å². The lowest BCUT2D eigenvalue weighted by molar-refractivity contribution is -0.131. The summed E-state index contributed by atoms with van der Waals surface area (Å²) in [5.74, 6) is 0.182. The molecule has 0 aliphatic heterocycles. The van der Waals surface area contributed by atoms with Gasteiger partial charge in [-0.25, -0.2) is 4.79 Å². The van der Waals surface area contributed by atoms with Crippen LogP contribution < -0.4 is 9.47 Å². The van der Waals surface area contributed by atoms with Crippen molar-refractivity contribution in [3.8, 4) is 11.5 Å². The summed E-state index contributed by atoms with van der Waals surface area (Å²) in [6, 6.07) is 11.6. The fourth-order valence-corrected chi connectivity index (χ4v) is 2.75. The summed E-state index contributed by atoms with van der Waals surface area (Å²) in [6.45, 7) is 4.84. The topological polar surface area (TPSA) is 55.8 Å². The number of rotatable bonds is 7. The minimum absolute atomic E-state index is 0.426. The average molecular weight is 391 g/mol. The van der Waals surface area contributed by atoms with Crippen LogP contribution in [-0.4, -0.2) is 17.7 Å². The smallest absolute Gasteiger partial charge is 0.328 e. The molecule has 0 unspecified atom stereocenters. The predicted octanol–water partition coefficient (Wildman–Crippen LogP) is 4.83. The van der Waals surface area contributed by atoms with E-state index in [1.807, 2.05) is 38.1 Å². The second kappa shape index (κ2) is 8.55. The number of ether oxygens (including phenoxy) is 2. The van der Waals surface area contributed by atoms with Crippen molar-refractivity contribution in [2.75, 3.05) is 6.61 Å². The van der Waals surface area contributed by atoms with E-state index in [9.17, 15) is 4.79 Å². The Bertz CT molecular complexity index is 753. The SMILES string of the molecule is CCOc1cc(C=CC(=O)O)cc(Br)c1OCc1ccccc1C. The van der Waals surface area contributed by atoms with Crippen LogP contribution >= 0.6 is 15.9 Å². The summed E-state index contributed by atoms with van der Waals surface area (Å²) in [5.41, 5.74) is 2.98. The predicted molar refractivity (Wildman–Crippen MR) is 97.5 cm³/mol. The molecular weight excluding hydrogens is 372 g/mol. The van der Waals surface area contributed by atoms with Crippen LogP contribution in [0.5, 0.6) is 11.5 Å². The molecule has 0 fully saturated rings. The Kier molecular flexibility index (Phi) is 6.44. The minimum atomic E-state index is -0.996. The lowest BCUT2D eigenvalue weighted by Crippen LogP contribution is -2.02. The number of hydrogen-bond donors (Lipinski definition) is 1. The first-order valence-corrected chi connectivity index (χ1v) is 8.35. The monoisotopic (exact) mass is 390 g/mol. The fourth-order valence-electron chi connectivity index (χ4n) is 2.18. The molecule has 0 aliphatic rings. The highest BCUT2D eigenvalue weighted by Gasteiger charge is 2.12. The zero-order chi connectivity index (χ0) is 17.5. The van der Waals surface area contributed by atoms with Crippen LogP contribution in [0.15, 0.2) is 46.9 Å². The summed E-state index contributed by atoms with van der Waals surface area (Å²) in [7, 11) is 0. The van der Waals surface area contributed by atoms with Gasteiger partial charge in [0.1, 0.15) is 6.61 Å². The Labute approximate surface area is 149 Å². The summed E-state index contributed by atoms with van der Waals surface area (Å²) in [4.78, 5) is 10.7. The van der Waals surface area contributed by atoms with Gasteiger partial charge in [0.2, 0.25) is 0 Å². The van der Waals surface area contributed by atoms with Crippen LogP contribution in [-0.2, 0) is 11.4 Å². The molecule has 0 atom stereocenters. The fraction of sp³-hybridized carbons (Fsp3) is 0.211. The second-order valence-corrected chi connectivity index (χ2v) is 6.00. The standard InChI is InChI=1S/C19H19BrO4/c1-3-23-17-11-14(8-9-18(21)22)10-16(20)19(17)24-12-15-7-5-4-6-13(15)2/h4-11H,3,12H2,1-2H3,(H,21,22). The number of aryl methyl sites for hydroxylation is 1. The molecular formula is C19H19BrO4. The van der Waals surface area contributed by atoms with Gasteiger partial charge in [-0.1, -0.05) is 24.3 Å². The van der Waals surface area contributed by atoms with E-state index in [1.165, 1.54) is 6.08 Å². The zero-order valence-corrected chi connectivity index (χ0v) is 15.2. The molecule has 4 nitrogen and oxygen atoms in total. The molecule has 0 aliphatic carbocycles. The van der Waals surface area contributed by atoms with Crippen LogP contribution in [0.25, 0.3) is 6.08 Å². The minimum Gasteiger partial charge on any atom is -0.490 e. The molecule has 2 aromatic rings. The van der Waals surface area contributed by atoms with E-state index in [0.29, 0.717) is 29.2 Å². The molecule has 0 radical (unpaired) electrons. The number of benzene rings is 2. The molecule has 24 heavy (non-hydrogen) atoms. The van der Waals surface area contributed by atoms with Crippen LogP contribution in [0.4, 0.5) is 0 Å². The van der Waals surface area contributed by atoms with Gasteiger partial charge < -0.3 is 14.6 Å². The first-order valence-electron chi connectivity index (χ1n) is 7.56. The van der Waals surface area contributed by atoms with Gasteiger partial charge in [0, 0.05) is 6.08 Å². The van der Waals surface area contributed by atoms with Gasteiger partial charge in [-0.15, -0.1) is 0 Å². The molecule has 0 saturated carbocycles. The van der Waals surface area contributed by atoms with E-state index in [0.717, 1.165) is 22.8 Å². The Morgan fingerprint density at radius 2 is 2.00 bits per heavy atom. The molecule has 0 amide bonds. The van der Waals surface area contributed by atoms with Gasteiger partial charge in [-0.05, 0) is 64.7 Å². The van der Waals surface area contributed by atoms with Crippen molar-refractivity contribution >= 4 is 28.0 Å². The average Bonchev–Trinajstić information content (AvgIpc) is 2.54. The van der Waals surface area contributed by atoms with E-state index in [4.69, 9.17) is 14.6 Å². The van der Waals surface area contributed by atoms with E-state index in [-0.39, 0.29) is 0 Å². The van der Waals surface area contributed by atoms with E-state index in [1.54, 1.807) is 12.1 Å². The molecule has 2 rings (SSSR count). The van der Waals surface area contributed by atoms with Crippen molar-refractivity contribution in [2.24, 2.45) is 0 Å². The maximum Gasteiger partial charge on any atom is 0.328 e. The third kappa shape index (κ3) is 4.86. The molecule has 0 spiro atoms.